The molecule has 0 unspecified atom stereocenters. The average molecular weight is 552 g/mol. The minimum atomic E-state index is -0.639. The van der Waals surface area contributed by atoms with Gasteiger partial charge in [0, 0.05) is 55.3 Å². The third-order valence-corrected chi connectivity index (χ3v) is 6.57. The molecular weight excluding hydrogens is 518 g/mol. The molecule has 0 radical (unpaired) electrons. The molecule has 40 heavy (non-hydrogen) atoms. The van der Waals surface area contributed by atoms with Gasteiger partial charge < -0.3 is 14.5 Å². The quantitative estimate of drug-likeness (QED) is 0.159. The first-order chi connectivity index (χ1) is 18.5. The van der Waals surface area contributed by atoms with Crippen molar-refractivity contribution in [1.82, 2.24) is 5.06 Å². The highest BCUT2D eigenvalue weighted by Gasteiger charge is 2.34. The maximum atomic E-state index is 12.3. The number of hydrogen-bond acceptors (Lipinski definition) is 10. The van der Waals surface area contributed by atoms with Gasteiger partial charge in [-0.15, -0.1) is 10.2 Å². The van der Waals surface area contributed by atoms with E-state index in [2.05, 4.69) is 35.1 Å². The Morgan fingerprint density at radius 1 is 1.10 bits per heavy atom. The molecule has 2 aromatic rings. The monoisotopic (exact) mass is 551 g/mol. The number of carbonyl (C=O) groups is 3. The van der Waals surface area contributed by atoms with Gasteiger partial charge in [0.15, 0.2) is 0 Å². The largest absolute Gasteiger partial charge is 0.494 e. The lowest BCUT2D eigenvalue weighted by atomic mass is 9.88. The number of fused-ring (bicyclic) bond motifs is 1. The van der Waals surface area contributed by atoms with Crippen LogP contribution in [0, 0.1) is 10.1 Å². The summed E-state index contributed by atoms with van der Waals surface area (Å²) in [7, 11) is 1.53. The van der Waals surface area contributed by atoms with Crippen LogP contribution < -0.4 is 9.64 Å². The van der Waals surface area contributed by atoms with E-state index in [0.717, 1.165) is 16.8 Å². The number of hydroxylamine groups is 2. The normalized spacial score (nSPS) is 15.9. The van der Waals surface area contributed by atoms with Gasteiger partial charge in [0.25, 0.3) is 17.5 Å². The van der Waals surface area contributed by atoms with Crippen molar-refractivity contribution in [2.45, 2.75) is 59.4 Å². The van der Waals surface area contributed by atoms with Crippen molar-refractivity contribution in [2.24, 2.45) is 10.2 Å². The number of imide groups is 1. The zero-order chi connectivity index (χ0) is 28.3. The minimum absolute atomic E-state index is 0. The fourth-order valence-corrected chi connectivity index (χ4v) is 4.68. The van der Waals surface area contributed by atoms with Crippen molar-refractivity contribution in [3.63, 3.8) is 0 Å². The maximum Gasteiger partial charge on any atom is 0.333 e. The van der Waals surface area contributed by atoms with Crippen LogP contribution in [0.2, 0.25) is 0 Å². The Kier molecular flexibility index (Phi) is 9.02. The van der Waals surface area contributed by atoms with E-state index in [1.165, 1.54) is 31.4 Å². The smallest absolute Gasteiger partial charge is 0.333 e. The Balaban J connectivity index is 0.00000441. The molecule has 2 aliphatic heterocycles. The van der Waals surface area contributed by atoms with E-state index in [1.807, 2.05) is 19.1 Å². The SMILES string of the molecule is C.COc1cc2c(cc1N=Nc1ccc([N+](=O)[O-])cc1)C(C)=CC(C)(C)N2CCCC(=O)ON1C(=O)CCC1=O. The highest BCUT2D eigenvalue weighted by molar-refractivity contribution is 6.01. The number of azo groups is 1. The zero-order valence-corrected chi connectivity index (χ0v) is 22.2. The number of anilines is 1. The second-order valence-corrected chi connectivity index (χ2v) is 9.80. The third-order valence-electron chi connectivity index (χ3n) is 6.57. The molecular formula is C28H33N5O7. The van der Waals surface area contributed by atoms with Gasteiger partial charge in [-0.3, -0.25) is 19.7 Å². The third kappa shape index (κ3) is 6.33. The summed E-state index contributed by atoms with van der Waals surface area (Å²) in [4.78, 5) is 53.3. The number of methoxy groups -OCH3 is 1. The van der Waals surface area contributed by atoms with E-state index in [4.69, 9.17) is 9.57 Å². The van der Waals surface area contributed by atoms with Gasteiger partial charge in [0.1, 0.15) is 11.4 Å². The lowest BCUT2D eigenvalue weighted by Gasteiger charge is -2.43. The molecule has 0 aliphatic carbocycles. The van der Waals surface area contributed by atoms with E-state index >= 15 is 0 Å². The molecule has 2 amide bonds. The van der Waals surface area contributed by atoms with Crippen LogP contribution in [-0.4, -0.2) is 47.0 Å². The molecule has 4 rings (SSSR count). The van der Waals surface area contributed by atoms with Crippen molar-refractivity contribution in [1.29, 1.82) is 0 Å². The van der Waals surface area contributed by atoms with Crippen LogP contribution in [0.5, 0.6) is 5.75 Å². The molecule has 212 valence electrons. The summed E-state index contributed by atoms with van der Waals surface area (Å²) < 4.78 is 5.61. The summed E-state index contributed by atoms with van der Waals surface area (Å²) in [6.45, 7) is 6.62. The molecule has 12 nitrogen and oxygen atoms in total. The lowest BCUT2D eigenvalue weighted by Crippen LogP contribution is -2.45. The van der Waals surface area contributed by atoms with Crippen molar-refractivity contribution in [2.75, 3.05) is 18.6 Å². The average Bonchev–Trinajstić information content (AvgIpc) is 3.20. The van der Waals surface area contributed by atoms with E-state index in [-0.39, 0.29) is 37.9 Å². The minimum Gasteiger partial charge on any atom is -0.494 e. The van der Waals surface area contributed by atoms with Crippen LogP contribution in [-0.2, 0) is 19.2 Å². The van der Waals surface area contributed by atoms with E-state index in [1.54, 1.807) is 0 Å². The Morgan fingerprint density at radius 2 is 1.75 bits per heavy atom. The van der Waals surface area contributed by atoms with Crippen LogP contribution in [0.1, 0.15) is 59.4 Å². The Bertz CT molecular complexity index is 1370. The number of hydrogen-bond donors (Lipinski definition) is 0. The summed E-state index contributed by atoms with van der Waals surface area (Å²) in [5, 5.41) is 20.0. The summed E-state index contributed by atoms with van der Waals surface area (Å²) in [5.74, 6) is -1.16. The zero-order valence-electron chi connectivity index (χ0n) is 22.2. The summed E-state index contributed by atoms with van der Waals surface area (Å²) in [5.41, 5.74) is 3.38. The predicted octanol–water partition coefficient (Wildman–Crippen LogP) is 6.04. The summed E-state index contributed by atoms with van der Waals surface area (Å²) in [6, 6.07) is 9.50. The Hall–Kier alpha value is -4.61. The van der Waals surface area contributed by atoms with E-state index < -0.39 is 22.7 Å². The number of carbonyl (C=O) groups excluding carboxylic acids is 3. The molecule has 12 heteroatoms. The van der Waals surface area contributed by atoms with Crippen molar-refractivity contribution < 1.29 is 28.9 Å². The summed E-state index contributed by atoms with van der Waals surface area (Å²) >= 11 is 0. The second-order valence-electron chi connectivity index (χ2n) is 9.80. The number of ether oxygens (including phenoxy) is 1. The fourth-order valence-electron chi connectivity index (χ4n) is 4.68. The van der Waals surface area contributed by atoms with Crippen LogP contribution in [0.4, 0.5) is 22.7 Å². The molecule has 0 atom stereocenters. The molecule has 0 spiro atoms. The first kappa shape index (κ1) is 29.9. The fraction of sp³-hybridized carbons (Fsp3) is 0.393. The van der Waals surface area contributed by atoms with Gasteiger partial charge in [-0.2, -0.15) is 5.11 Å². The number of rotatable bonds is 9. The molecule has 0 aromatic heterocycles. The highest BCUT2D eigenvalue weighted by Crippen LogP contribution is 2.45. The van der Waals surface area contributed by atoms with Crippen molar-refractivity contribution in [3.8, 4) is 5.75 Å². The standard InChI is InChI=1S/C27H29N5O7.CH4/c1-17-16-27(2,3)30(13-5-6-26(35)39-31-24(33)11-12-25(31)34)22-15-23(38-4)21(14-20(17)22)29-28-18-7-9-19(10-8-18)32(36)37;/h7-10,14-16H,5-6,11-13H2,1-4H3;1H4. The number of nitro benzene ring substituents is 1. The molecule has 0 saturated carbocycles. The van der Waals surface area contributed by atoms with Crippen LogP contribution >= 0.6 is 0 Å². The van der Waals surface area contributed by atoms with E-state index in [0.29, 0.717) is 35.2 Å². The number of benzene rings is 2. The number of nitro groups is 1. The first-order valence-electron chi connectivity index (χ1n) is 12.4. The Morgan fingerprint density at radius 3 is 2.35 bits per heavy atom. The highest BCUT2D eigenvalue weighted by atomic mass is 16.7. The number of amides is 2. The molecule has 2 aliphatic rings. The molecule has 0 N–H and O–H groups in total. The predicted molar refractivity (Wildman–Crippen MR) is 148 cm³/mol. The molecule has 0 bridgehead atoms. The van der Waals surface area contributed by atoms with Crippen LogP contribution in [0.3, 0.4) is 0 Å². The van der Waals surface area contributed by atoms with E-state index in [9.17, 15) is 24.5 Å². The molecule has 2 heterocycles. The topological polar surface area (TPSA) is 144 Å². The van der Waals surface area contributed by atoms with Crippen LogP contribution in [0.15, 0.2) is 52.7 Å². The second kappa shape index (κ2) is 12.1. The van der Waals surface area contributed by atoms with Crippen molar-refractivity contribution in [3.05, 3.63) is 58.2 Å². The van der Waals surface area contributed by atoms with Gasteiger partial charge in [-0.05, 0) is 51.0 Å². The van der Waals surface area contributed by atoms with Crippen molar-refractivity contribution >= 4 is 46.1 Å². The van der Waals surface area contributed by atoms with Gasteiger partial charge in [0.05, 0.1) is 23.3 Å². The van der Waals surface area contributed by atoms with Gasteiger partial charge in [-0.1, -0.05) is 13.5 Å². The lowest BCUT2D eigenvalue weighted by molar-refractivity contribution is -0.384. The first-order valence-corrected chi connectivity index (χ1v) is 12.4. The summed E-state index contributed by atoms with van der Waals surface area (Å²) in [6.07, 6.45) is 2.68. The molecule has 1 fully saturated rings. The number of non-ortho nitro benzene ring substituents is 1. The van der Waals surface area contributed by atoms with Gasteiger partial charge in [0.2, 0.25) is 0 Å². The molecule has 1 saturated heterocycles. The number of allylic oxidation sites excluding steroid dienone is 1. The van der Waals surface area contributed by atoms with Crippen LogP contribution in [0.25, 0.3) is 5.57 Å². The van der Waals surface area contributed by atoms with Gasteiger partial charge >= 0.3 is 5.97 Å². The Labute approximate surface area is 232 Å². The molecule has 2 aromatic carbocycles. The maximum absolute atomic E-state index is 12.3. The van der Waals surface area contributed by atoms with Gasteiger partial charge in [-0.25, -0.2) is 4.79 Å². The number of nitrogens with zero attached hydrogens (tertiary/aromatic N) is 5.